The minimum absolute atomic E-state index is 0.0615. The number of unbranched alkanes of at least 4 members (excludes halogenated alkanes) is 2. The van der Waals surface area contributed by atoms with E-state index in [0.717, 1.165) is 62.2 Å². The Morgan fingerprint density at radius 2 is 1.80 bits per heavy atom. The van der Waals surface area contributed by atoms with E-state index in [0.29, 0.717) is 37.3 Å². The second kappa shape index (κ2) is 19.7. The first kappa shape index (κ1) is 44.1. The number of carbonyl (C=O) groups excluding carboxylic acids is 1. The number of carbonyl (C=O) groups is 1. The van der Waals surface area contributed by atoms with Crippen LogP contribution in [0, 0.1) is 27.9 Å². The number of nitro benzene ring substituents is 1. The van der Waals surface area contributed by atoms with Crippen molar-refractivity contribution in [3.05, 3.63) is 82.4 Å². The van der Waals surface area contributed by atoms with Crippen LogP contribution in [0.3, 0.4) is 0 Å². The number of fused-ring (bicyclic) bond motifs is 2. The average Bonchev–Trinajstić information content (AvgIpc) is 4.04. The molecule has 6 rings (SSSR count). The number of hydrogen-bond donors (Lipinski definition) is 2. The highest BCUT2D eigenvalue weighted by Gasteiger charge is 2.65. The molecule has 2 N–H and O–H groups in total. The van der Waals surface area contributed by atoms with Gasteiger partial charge in [-0.25, -0.2) is 4.79 Å². The quantitative estimate of drug-likeness (QED) is 0.0418. The minimum atomic E-state index is -1.45. The molecule has 2 aliphatic carbocycles. The highest BCUT2D eigenvalue weighted by molar-refractivity contribution is 6.03. The van der Waals surface area contributed by atoms with Crippen molar-refractivity contribution >= 4 is 17.5 Å². The number of benzene rings is 2. The van der Waals surface area contributed by atoms with Crippen molar-refractivity contribution in [2.45, 2.75) is 102 Å². The molecule has 1 amide bonds. The molecule has 2 aromatic carbocycles. The smallest absolute Gasteiger partial charge is 0.415 e. The molecule has 2 aromatic rings. The van der Waals surface area contributed by atoms with Crippen LogP contribution in [0.1, 0.15) is 90.5 Å². The highest BCUT2D eigenvalue weighted by atomic mass is 16.7. The topological polar surface area (TPSA) is 165 Å². The monoisotopic (exact) mass is 818 g/mol. The Morgan fingerprint density at radius 1 is 1.08 bits per heavy atom. The van der Waals surface area contributed by atoms with Crippen LogP contribution in [0.25, 0.3) is 0 Å². The summed E-state index contributed by atoms with van der Waals surface area (Å²) in [5.74, 6) is -0.448. The van der Waals surface area contributed by atoms with Crippen LogP contribution in [0.2, 0.25) is 0 Å². The van der Waals surface area contributed by atoms with Gasteiger partial charge in [0.15, 0.2) is 0 Å². The van der Waals surface area contributed by atoms with Crippen LogP contribution in [0.5, 0.6) is 17.2 Å². The number of nitrogens with zero attached hydrogens (tertiary/aromatic N) is 4. The van der Waals surface area contributed by atoms with Gasteiger partial charge in [0, 0.05) is 69.4 Å². The van der Waals surface area contributed by atoms with E-state index in [1.54, 1.807) is 11.0 Å². The van der Waals surface area contributed by atoms with Crippen molar-refractivity contribution in [3.8, 4) is 17.2 Å². The number of aliphatic hydroxyl groups is 2. The van der Waals surface area contributed by atoms with Gasteiger partial charge < -0.3 is 34.0 Å². The molecular formula is C45H62N4O10. The maximum Gasteiger partial charge on any atom is 0.415 e. The summed E-state index contributed by atoms with van der Waals surface area (Å²) in [7, 11) is 0. The summed E-state index contributed by atoms with van der Waals surface area (Å²) in [6.45, 7) is 16.0. The van der Waals surface area contributed by atoms with E-state index in [2.05, 4.69) is 23.6 Å². The van der Waals surface area contributed by atoms with E-state index in [1.807, 2.05) is 39.8 Å². The molecule has 2 heterocycles. The largest absolute Gasteiger partial charge is 0.492 e. The Labute approximate surface area is 347 Å². The number of nitro groups is 1. The van der Waals surface area contributed by atoms with Crippen molar-refractivity contribution in [1.82, 2.24) is 9.80 Å². The standard InChI is InChI=1S/C45H62N4O10/c1-6-20-48(43(52)57-33-16-14-32(15-17-33)49(53)54)40-30-38(46-59-44(3,4)5)36-28-31(12-8-10-24-50)35(13-9-11-25-51)41-37-29-34(55-27-23-47-21-22-47)18-19-39(37)58-45(40,42(36)41)56-26-7-2/h7,14-19,28-29,31,35,40-42,50-51H,2,6,8-13,20-27,30H2,1,3-5H3. The van der Waals surface area contributed by atoms with Crippen molar-refractivity contribution in [2.24, 2.45) is 22.9 Å². The van der Waals surface area contributed by atoms with E-state index in [9.17, 15) is 25.1 Å². The van der Waals surface area contributed by atoms with E-state index in [4.69, 9.17) is 28.9 Å². The molecule has 14 heteroatoms. The second-order valence-electron chi connectivity index (χ2n) is 17.0. The second-order valence-corrected chi connectivity index (χ2v) is 17.0. The summed E-state index contributed by atoms with van der Waals surface area (Å²) in [6, 6.07) is 10.6. The van der Waals surface area contributed by atoms with Gasteiger partial charge in [0.2, 0.25) is 5.79 Å². The number of hydrogen-bond acceptors (Lipinski definition) is 12. The number of amides is 1. The Morgan fingerprint density at radius 3 is 2.44 bits per heavy atom. The molecule has 1 saturated heterocycles. The Hall–Kier alpha value is -4.50. The van der Waals surface area contributed by atoms with E-state index in [1.165, 1.54) is 24.3 Å². The van der Waals surface area contributed by atoms with Gasteiger partial charge in [-0.2, -0.15) is 0 Å². The fourth-order valence-corrected chi connectivity index (χ4v) is 8.93. The number of non-ortho nitro benzene ring substituents is 1. The molecule has 6 atom stereocenters. The molecule has 1 saturated carbocycles. The van der Waals surface area contributed by atoms with Gasteiger partial charge in [0.25, 0.3) is 5.69 Å². The number of allylic oxidation sites excluding steroid dienone is 1. The van der Waals surface area contributed by atoms with Crippen LogP contribution in [0.4, 0.5) is 10.5 Å². The van der Waals surface area contributed by atoms with Crippen molar-refractivity contribution < 1.29 is 43.7 Å². The van der Waals surface area contributed by atoms with Crippen molar-refractivity contribution in [2.75, 3.05) is 52.6 Å². The summed E-state index contributed by atoms with van der Waals surface area (Å²) in [5.41, 5.74) is 1.87. The number of ether oxygens (including phenoxy) is 4. The third-order valence-corrected chi connectivity index (χ3v) is 11.6. The normalized spacial score (nSPS) is 25.2. The zero-order valence-corrected chi connectivity index (χ0v) is 35.1. The first-order valence-corrected chi connectivity index (χ1v) is 21.3. The maximum atomic E-state index is 14.6. The van der Waals surface area contributed by atoms with Crippen LogP contribution in [-0.2, 0) is 9.57 Å². The lowest BCUT2D eigenvalue weighted by molar-refractivity contribution is -0.384. The molecule has 14 nitrogen and oxygen atoms in total. The van der Waals surface area contributed by atoms with Crippen LogP contribution < -0.4 is 14.2 Å². The molecule has 0 radical (unpaired) electrons. The van der Waals surface area contributed by atoms with E-state index in [-0.39, 0.29) is 62.0 Å². The molecule has 6 unspecified atom stereocenters. The third kappa shape index (κ3) is 10.5. The Kier molecular flexibility index (Phi) is 14.7. The zero-order valence-electron chi connectivity index (χ0n) is 35.1. The SMILES string of the molecule is C=CCOC12Oc3ccc(OCCN4CC4)cc3C3C(CCCCO)C(CCCCO)C=C(C(=NOC(C)(C)C)CC1N(CCC)C(=O)Oc1ccc([N+](=O)[O-])cc1)C32. The number of oxime groups is 1. The lowest BCUT2D eigenvalue weighted by Crippen LogP contribution is -2.70. The van der Waals surface area contributed by atoms with Gasteiger partial charge in [0.05, 0.1) is 23.2 Å². The summed E-state index contributed by atoms with van der Waals surface area (Å²) in [6.07, 6.45) is 8.73. The van der Waals surface area contributed by atoms with Gasteiger partial charge in [-0.05, 0) is 101 Å². The maximum absolute atomic E-state index is 14.6. The Bertz CT molecular complexity index is 1820. The van der Waals surface area contributed by atoms with Crippen LogP contribution in [0.15, 0.2) is 71.9 Å². The number of rotatable bonds is 21. The predicted octanol–water partition coefficient (Wildman–Crippen LogP) is 7.63. The number of aliphatic hydroxyl groups excluding tert-OH is 2. The fourth-order valence-electron chi connectivity index (χ4n) is 8.93. The van der Waals surface area contributed by atoms with Crippen molar-refractivity contribution in [1.29, 1.82) is 0 Å². The van der Waals surface area contributed by atoms with Crippen LogP contribution in [-0.4, -0.2) is 107 Å². The highest BCUT2D eigenvalue weighted by Crippen LogP contribution is 2.62. The van der Waals surface area contributed by atoms with Crippen molar-refractivity contribution in [3.63, 3.8) is 0 Å². The summed E-state index contributed by atoms with van der Waals surface area (Å²) < 4.78 is 26.6. The van der Waals surface area contributed by atoms with Gasteiger partial charge >= 0.3 is 6.09 Å². The summed E-state index contributed by atoms with van der Waals surface area (Å²) >= 11 is 0. The lowest BCUT2D eigenvalue weighted by Gasteiger charge is -2.60. The molecule has 322 valence electrons. The van der Waals surface area contributed by atoms with E-state index < -0.39 is 34.4 Å². The summed E-state index contributed by atoms with van der Waals surface area (Å²) in [4.78, 5) is 35.6. The Balaban J connectivity index is 1.54. The molecular weight excluding hydrogens is 757 g/mol. The van der Waals surface area contributed by atoms with Crippen LogP contribution >= 0.6 is 0 Å². The zero-order chi connectivity index (χ0) is 42.2. The van der Waals surface area contributed by atoms with Gasteiger partial charge in [0.1, 0.15) is 35.5 Å². The molecule has 59 heavy (non-hydrogen) atoms. The first-order valence-electron chi connectivity index (χ1n) is 21.3. The summed E-state index contributed by atoms with van der Waals surface area (Å²) in [5, 5.41) is 36.0. The van der Waals surface area contributed by atoms with Gasteiger partial charge in [-0.15, -0.1) is 6.58 Å². The molecule has 0 bridgehead atoms. The van der Waals surface area contributed by atoms with Gasteiger partial charge in [-0.1, -0.05) is 37.1 Å². The molecule has 2 aliphatic heterocycles. The fraction of sp³-hybridized carbons (Fsp3) is 0.600. The van der Waals surface area contributed by atoms with E-state index >= 15 is 0 Å². The molecule has 2 fully saturated rings. The molecule has 0 spiro atoms. The average molecular weight is 819 g/mol. The third-order valence-electron chi connectivity index (χ3n) is 11.6. The lowest BCUT2D eigenvalue weighted by atomic mass is 9.55. The minimum Gasteiger partial charge on any atom is -0.492 e. The first-order chi connectivity index (χ1) is 28.4. The van der Waals surface area contributed by atoms with Gasteiger partial charge in [-0.3, -0.25) is 19.9 Å². The molecule has 0 aromatic heterocycles. The molecule has 4 aliphatic rings. The predicted molar refractivity (Wildman–Crippen MR) is 224 cm³/mol.